The zero-order valence-electron chi connectivity index (χ0n) is 17.4. The molecule has 0 saturated carbocycles. The molecular formula is C24H31N3O2. The van der Waals surface area contributed by atoms with Gasteiger partial charge in [-0.3, -0.25) is 9.59 Å². The Hall–Kier alpha value is -2.66. The van der Waals surface area contributed by atoms with E-state index in [9.17, 15) is 9.59 Å². The van der Waals surface area contributed by atoms with Crippen molar-refractivity contribution >= 4 is 11.8 Å². The third-order valence-electron chi connectivity index (χ3n) is 5.85. The molecule has 4 atom stereocenters. The predicted octanol–water partition coefficient (Wildman–Crippen LogP) is 3.11. The van der Waals surface area contributed by atoms with Crippen LogP contribution in [0.1, 0.15) is 49.9 Å². The van der Waals surface area contributed by atoms with Crippen LogP contribution in [0.2, 0.25) is 0 Å². The molecule has 0 saturated heterocycles. The second-order valence-corrected chi connectivity index (χ2v) is 7.92. The third-order valence-corrected chi connectivity index (χ3v) is 5.85. The predicted molar refractivity (Wildman–Crippen MR) is 115 cm³/mol. The Kier molecular flexibility index (Phi) is 7.04. The average Bonchev–Trinajstić information content (AvgIpc) is 2.76. The second-order valence-electron chi connectivity index (χ2n) is 7.92. The van der Waals surface area contributed by atoms with E-state index >= 15 is 0 Å². The number of carbonyl (C=O) groups is 2. The largest absolute Gasteiger partial charge is 0.348 e. The molecule has 1 heterocycles. The molecule has 0 unspecified atom stereocenters. The van der Waals surface area contributed by atoms with Gasteiger partial charge in [0.2, 0.25) is 11.8 Å². The minimum Gasteiger partial charge on any atom is -0.348 e. The van der Waals surface area contributed by atoms with E-state index in [0.29, 0.717) is 13.0 Å². The topological polar surface area (TPSA) is 70.2 Å². The summed E-state index contributed by atoms with van der Waals surface area (Å²) in [6, 6.07) is 17.0. The number of fused-ring (bicyclic) bond motifs is 1. The Balaban J connectivity index is 1.66. The van der Waals surface area contributed by atoms with Crippen LogP contribution in [0.3, 0.4) is 0 Å². The Morgan fingerprint density at radius 2 is 1.66 bits per heavy atom. The van der Waals surface area contributed by atoms with Crippen molar-refractivity contribution in [2.45, 2.75) is 58.3 Å². The molecule has 3 rings (SSSR count). The van der Waals surface area contributed by atoms with Crippen molar-refractivity contribution in [1.82, 2.24) is 16.0 Å². The maximum atomic E-state index is 13.0. The first-order valence-corrected chi connectivity index (χ1v) is 10.5. The summed E-state index contributed by atoms with van der Waals surface area (Å²) in [7, 11) is 0. The number of hydrogen-bond donors (Lipinski definition) is 3. The average molecular weight is 394 g/mol. The molecule has 0 aromatic heterocycles. The molecule has 2 aromatic rings. The van der Waals surface area contributed by atoms with Crippen molar-refractivity contribution in [3.63, 3.8) is 0 Å². The molecule has 1 aliphatic rings. The van der Waals surface area contributed by atoms with Crippen LogP contribution in [-0.2, 0) is 22.6 Å². The van der Waals surface area contributed by atoms with Crippen molar-refractivity contribution in [1.29, 1.82) is 0 Å². The summed E-state index contributed by atoms with van der Waals surface area (Å²) in [4.78, 5) is 25.9. The lowest BCUT2D eigenvalue weighted by molar-refractivity contribution is -0.131. The van der Waals surface area contributed by atoms with Gasteiger partial charge < -0.3 is 16.0 Å². The van der Waals surface area contributed by atoms with Gasteiger partial charge in [-0.2, -0.15) is 0 Å². The lowest BCUT2D eigenvalue weighted by atomic mass is 9.94. The number of hydrogen-bond acceptors (Lipinski definition) is 3. The van der Waals surface area contributed by atoms with Crippen LogP contribution >= 0.6 is 0 Å². The summed E-state index contributed by atoms with van der Waals surface area (Å²) in [6.07, 6.45) is 1.44. The van der Waals surface area contributed by atoms with Crippen LogP contribution in [0.5, 0.6) is 0 Å². The number of carbonyl (C=O) groups excluding carboxylic acids is 2. The smallest absolute Gasteiger partial charge is 0.243 e. The lowest BCUT2D eigenvalue weighted by Crippen LogP contribution is -2.56. The zero-order chi connectivity index (χ0) is 20.8. The summed E-state index contributed by atoms with van der Waals surface area (Å²) in [5, 5.41) is 9.37. The summed E-state index contributed by atoms with van der Waals surface area (Å²) < 4.78 is 0. The van der Waals surface area contributed by atoms with E-state index in [0.717, 1.165) is 12.0 Å². The van der Waals surface area contributed by atoms with Gasteiger partial charge in [0.15, 0.2) is 0 Å². The standard InChI is InChI=1S/C24H31N3O2/c1-4-16(2)22(24(29)26-17(3)18-10-6-5-7-11-18)27-23(28)21-14-19-12-8-9-13-20(19)15-25-21/h5-13,16-17,21-22,25H,4,14-15H2,1-3H3,(H,26,29)(H,27,28)/t16-,17+,21+,22-/m0/s1. The molecule has 0 aliphatic carbocycles. The van der Waals surface area contributed by atoms with E-state index in [2.05, 4.69) is 28.1 Å². The Morgan fingerprint density at radius 1 is 1.00 bits per heavy atom. The molecule has 0 fully saturated rings. The quantitative estimate of drug-likeness (QED) is 0.677. The Bertz CT molecular complexity index is 837. The maximum Gasteiger partial charge on any atom is 0.243 e. The molecule has 5 heteroatoms. The first kappa shape index (κ1) is 21.1. The van der Waals surface area contributed by atoms with Crippen molar-refractivity contribution < 1.29 is 9.59 Å². The maximum absolute atomic E-state index is 13.0. The highest BCUT2D eigenvalue weighted by Crippen LogP contribution is 2.18. The minimum atomic E-state index is -0.558. The van der Waals surface area contributed by atoms with Crippen LogP contribution in [0.25, 0.3) is 0 Å². The monoisotopic (exact) mass is 393 g/mol. The summed E-state index contributed by atoms with van der Waals surface area (Å²) >= 11 is 0. The zero-order valence-corrected chi connectivity index (χ0v) is 17.4. The molecule has 1 aliphatic heterocycles. The number of nitrogens with one attached hydrogen (secondary N) is 3. The highest BCUT2D eigenvalue weighted by Gasteiger charge is 2.31. The summed E-state index contributed by atoms with van der Waals surface area (Å²) in [6.45, 7) is 6.66. The Labute approximate surface area is 173 Å². The molecule has 0 radical (unpaired) electrons. The molecule has 0 bridgehead atoms. The molecule has 2 aromatic carbocycles. The van der Waals surface area contributed by atoms with Gasteiger partial charge in [0.05, 0.1) is 12.1 Å². The summed E-state index contributed by atoms with van der Waals surface area (Å²) in [5.41, 5.74) is 3.46. The van der Waals surface area contributed by atoms with E-state index in [1.54, 1.807) is 0 Å². The van der Waals surface area contributed by atoms with Gasteiger partial charge in [0.25, 0.3) is 0 Å². The number of rotatable bonds is 7. The lowest BCUT2D eigenvalue weighted by Gasteiger charge is -2.30. The van der Waals surface area contributed by atoms with Crippen molar-refractivity contribution in [3.8, 4) is 0 Å². The minimum absolute atomic E-state index is 0.0396. The number of amides is 2. The van der Waals surface area contributed by atoms with E-state index < -0.39 is 6.04 Å². The van der Waals surface area contributed by atoms with Crippen LogP contribution in [0.4, 0.5) is 0 Å². The van der Waals surface area contributed by atoms with Gasteiger partial charge in [0.1, 0.15) is 6.04 Å². The highest BCUT2D eigenvalue weighted by molar-refractivity contribution is 5.90. The van der Waals surface area contributed by atoms with E-state index in [4.69, 9.17) is 0 Å². The van der Waals surface area contributed by atoms with Gasteiger partial charge in [0, 0.05) is 6.54 Å². The van der Waals surface area contributed by atoms with Crippen LogP contribution in [0.15, 0.2) is 54.6 Å². The molecule has 5 nitrogen and oxygen atoms in total. The van der Waals surface area contributed by atoms with Crippen LogP contribution in [-0.4, -0.2) is 23.9 Å². The normalized spacial score (nSPS) is 18.8. The highest BCUT2D eigenvalue weighted by atomic mass is 16.2. The Morgan fingerprint density at radius 3 is 2.34 bits per heavy atom. The SMILES string of the molecule is CC[C@H](C)[C@H](NC(=O)[C@H]1Cc2ccccc2CN1)C(=O)N[C@H](C)c1ccccc1. The van der Waals surface area contributed by atoms with Gasteiger partial charge in [-0.25, -0.2) is 0 Å². The first-order valence-electron chi connectivity index (χ1n) is 10.5. The van der Waals surface area contributed by atoms with Crippen molar-refractivity contribution in [2.24, 2.45) is 5.92 Å². The van der Waals surface area contributed by atoms with Crippen LogP contribution < -0.4 is 16.0 Å². The van der Waals surface area contributed by atoms with Crippen LogP contribution in [0, 0.1) is 5.92 Å². The fraction of sp³-hybridized carbons (Fsp3) is 0.417. The molecule has 2 amide bonds. The van der Waals surface area contributed by atoms with E-state index in [-0.39, 0.29) is 29.8 Å². The molecule has 3 N–H and O–H groups in total. The van der Waals surface area contributed by atoms with Gasteiger partial charge in [-0.15, -0.1) is 0 Å². The molecule has 154 valence electrons. The van der Waals surface area contributed by atoms with E-state index in [1.165, 1.54) is 11.1 Å². The van der Waals surface area contributed by atoms with Crippen molar-refractivity contribution in [2.75, 3.05) is 0 Å². The van der Waals surface area contributed by atoms with Gasteiger partial charge in [-0.1, -0.05) is 74.9 Å². The second kappa shape index (κ2) is 9.70. The summed E-state index contributed by atoms with van der Waals surface area (Å²) in [5.74, 6) is -0.217. The van der Waals surface area contributed by atoms with Gasteiger partial charge in [-0.05, 0) is 36.0 Å². The third kappa shape index (κ3) is 5.24. The number of benzene rings is 2. The molecule has 0 spiro atoms. The fourth-order valence-corrected chi connectivity index (χ4v) is 3.72. The van der Waals surface area contributed by atoms with Crippen molar-refractivity contribution in [3.05, 3.63) is 71.3 Å². The first-order chi connectivity index (χ1) is 14.0. The molecule has 29 heavy (non-hydrogen) atoms. The van der Waals surface area contributed by atoms with Gasteiger partial charge >= 0.3 is 0 Å². The molecular weight excluding hydrogens is 362 g/mol. The van der Waals surface area contributed by atoms with E-state index in [1.807, 2.05) is 63.2 Å². The fourth-order valence-electron chi connectivity index (χ4n) is 3.72.